The lowest BCUT2D eigenvalue weighted by atomic mass is 10.3. The molecule has 0 aliphatic heterocycles. The Morgan fingerprint density at radius 1 is 1.33 bits per heavy atom. The van der Waals surface area contributed by atoms with Crippen LogP contribution in [-0.4, -0.2) is 17.0 Å². The quantitative estimate of drug-likeness (QED) is 0.895. The highest BCUT2D eigenvalue weighted by Crippen LogP contribution is 2.29. The molecule has 0 unspecified atom stereocenters. The average Bonchev–Trinajstić information content (AvgIpc) is 2.36. The Kier molecular flexibility index (Phi) is 4.04. The van der Waals surface area contributed by atoms with E-state index in [9.17, 15) is 0 Å². The Labute approximate surface area is 119 Å². The van der Waals surface area contributed by atoms with Crippen LogP contribution in [0.3, 0.4) is 0 Å². The zero-order valence-corrected chi connectivity index (χ0v) is 12.3. The van der Waals surface area contributed by atoms with Crippen LogP contribution in [0.15, 0.2) is 28.9 Å². The van der Waals surface area contributed by atoms with E-state index in [-0.39, 0.29) is 0 Å². The van der Waals surface area contributed by atoms with Gasteiger partial charge in [0.2, 0.25) is 5.95 Å². The minimum Gasteiger partial charge on any atom is -0.357 e. The Bertz CT molecular complexity index is 574. The molecule has 0 saturated heterocycles. The number of benzene rings is 1. The van der Waals surface area contributed by atoms with Crippen molar-refractivity contribution in [1.82, 2.24) is 9.97 Å². The molecule has 2 N–H and O–H groups in total. The molecule has 2 aromatic rings. The number of halogens is 2. The highest BCUT2D eigenvalue weighted by molar-refractivity contribution is 9.10. The molecule has 0 fully saturated rings. The third-order valence-corrected chi connectivity index (χ3v) is 3.30. The van der Waals surface area contributed by atoms with E-state index < -0.39 is 0 Å². The first-order chi connectivity index (χ1) is 8.60. The molecular formula is C12H12BrClN4. The topological polar surface area (TPSA) is 49.8 Å². The van der Waals surface area contributed by atoms with E-state index in [0.717, 1.165) is 21.5 Å². The molecule has 1 heterocycles. The van der Waals surface area contributed by atoms with E-state index >= 15 is 0 Å². The van der Waals surface area contributed by atoms with Crippen LogP contribution < -0.4 is 10.6 Å². The van der Waals surface area contributed by atoms with Crippen LogP contribution in [0.1, 0.15) is 5.56 Å². The van der Waals surface area contributed by atoms with Crippen LogP contribution in [0.25, 0.3) is 0 Å². The number of hydrogen-bond donors (Lipinski definition) is 2. The van der Waals surface area contributed by atoms with E-state index in [4.69, 9.17) is 11.6 Å². The van der Waals surface area contributed by atoms with Crippen molar-refractivity contribution in [2.75, 3.05) is 17.7 Å². The Morgan fingerprint density at radius 2 is 2.11 bits per heavy atom. The summed E-state index contributed by atoms with van der Waals surface area (Å²) in [5.41, 5.74) is 1.83. The van der Waals surface area contributed by atoms with Crippen LogP contribution >= 0.6 is 27.5 Å². The molecule has 1 aromatic heterocycles. The van der Waals surface area contributed by atoms with Crippen LogP contribution in [0.5, 0.6) is 0 Å². The van der Waals surface area contributed by atoms with Gasteiger partial charge in [-0.25, -0.2) is 4.98 Å². The zero-order valence-electron chi connectivity index (χ0n) is 9.96. The molecule has 0 aliphatic carbocycles. The van der Waals surface area contributed by atoms with Gasteiger partial charge in [-0.1, -0.05) is 11.6 Å². The van der Waals surface area contributed by atoms with Crippen LogP contribution in [0, 0.1) is 6.92 Å². The summed E-state index contributed by atoms with van der Waals surface area (Å²) in [4.78, 5) is 8.50. The van der Waals surface area contributed by atoms with E-state index in [1.54, 1.807) is 13.2 Å². The first kappa shape index (κ1) is 13.1. The van der Waals surface area contributed by atoms with Gasteiger partial charge < -0.3 is 10.6 Å². The van der Waals surface area contributed by atoms with Crippen molar-refractivity contribution in [3.8, 4) is 0 Å². The van der Waals surface area contributed by atoms with Crippen molar-refractivity contribution in [3.05, 3.63) is 39.5 Å². The molecule has 1 aromatic carbocycles. The van der Waals surface area contributed by atoms with Crippen molar-refractivity contribution >= 4 is 45.0 Å². The lowest BCUT2D eigenvalue weighted by Gasteiger charge is -2.11. The second-order valence-corrected chi connectivity index (χ2v) is 5.02. The second-order valence-electron chi connectivity index (χ2n) is 3.72. The average molecular weight is 328 g/mol. The zero-order chi connectivity index (χ0) is 13.1. The summed E-state index contributed by atoms with van der Waals surface area (Å²) in [7, 11) is 1.78. The molecule has 0 bridgehead atoms. The van der Waals surface area contributed by atoms with Gasteiger partial charge in [0.05, 0.1) is 5.69 Å². The number of anilines is 3. The maximum Gasteiger partial charge on any atom is 0.224 e. The first-order valence-electron chi connectivity index (χ1n) is 5.33. The van der Waals surface area contributed by atoms with Gasteiger partial charge in [-0.2, -0.15) is 4.98 Å². The molecule has 4 nitrogen and oxygen atoms in total. The maximum absolute atomic E-state index is 5.98. The standard InChI is InChI=1S/C12H12BrClN4/c1-7-6-16-12(15-2)18-11(7)17-10-5-8(14)3-4-9(10)13/h3-6H,1-2H3,(H2,15,16,17,18). The van der Waals surface area contributed by atoms with Crippen molar-refractivity contribution in [1.29, 1.82) is 0 Å². The lowest BCUT2D eigenvalue weighted by Crippen LogP contribution is -2.02. The SMILES string of the molecule is CNc1ncc(C)c(Nc2cc(Cl)ccc2Br)n1. The van der Waals surface area contributed by atoms with Gasteiger partial charge in [-0.05, 0) is 41.1 Å². The van der Waals surface area contributed by atoms with E-state index in [1.807, 2.05) is 25.1 Å². The Morgan fingerprint density at radius 3 is 2.83 bits per heavy atom. The highest BCUT2D eigenvalue weighted by Gasteiger charge is 2.06. The van der Waals surface area contributed by atoms with E-state index in [0.29, 0.717) is 11.0 Å². The number of nitrogens with zero attached hydrogens (tertiary/aromatic N) is 2. The van der Waals surface area contributed by atoms with Crippen molar-refractivity contribution in [2.45, 2.75) is 6.92 Å². The molecular weight excluding hydrogens is 316 g/mol. The van der Waals surface area contributed by atoms with Gasteiger partial charge in [0.25, 0.3) is 0 Å². The van der Waals surface area contributed by atoms with Crippen molar-refractivity contribution in [3.63, 3.8) is 0 Å². The molecule has 6 heteroatoms. The first-order valence-corrected chi connectivity index (χ1v) is 6.50. The van der Waals surface area contributed by atoms with Gasteiger partial charge in [0.1, 0.15) is 5.82 Å². The summed E-state index contributed by atoms with van der Waals surface area (Å²) >= 11 is 9.44. The summed E-state index contributed by atoms with van der Waals surface area (Å²) < 4.78 is 0.927. The normalized spacial score (nSPS) is 10.2. The van der Waals surface area contributed by atoms with Crippen molar-refractivity contribution in [2.24, 2.45) is 0 Å². The Balaban J connectivity index is 2.36. The number of rotatable bonds is 3. The van der Waals surface area contributed by atoms with Gasteiger partial charge >= 0.3 is 0 Å². The summed E-state index contributed by atoms with van der Waals surface area (Å²) in [6.07, 6.45) is 1.76. The largest absolute Gasteiger partial charge is 0.357 e. The van der Waals surface area contributed by atoms with Gasteiger partial charge in [0.15, 0.2) is 0 Å². The van der Waals surface area contributed by atoms with E-state index in [2.05, 4.69) is 36.5 Å². The van der Waals surface area contributed by atoms with E-state index in [1.165, 1.54) is 0 Å². The van der Waals surface area contributed by atoms with Crippen LogP contribution in [0.2, 0.25) is 5.02 Å². The minimum absolute atomic E-state index is 0.571. The molecule has 0 atom stereocenters. The van der Waals surface area contributed by atoms with Gasteiger partial charge in [0, 0.05) is 28.3 Å². The molecule has 0 aliphatic rings. The monoisotopic (exact) mass is 326 g/mol. The predicted molar refractivity (Wildman–Crippen MR) is 78.8 cm³/mol. The second kappa shape index (κ2) is 5.54. The number of aromatic nitrogens is 2. The van der Waals surface area contributed by atoms with Gasteiger partial charge in [-0.3, -0.25) is 0 Å². The van der Waals surface area contributed by atoms with Crippen LogP contribution in [-0.2, 0) is 0 Å². The number of hydrogen-bond acceptors (Lipinski definition) is 4. The number of nitrogens with one attached hydrogen (secondary N) is 2. The smallest absolute Gasteiger partial charge is 0.224 e. The summed E-state index contributed by atoms with van der Waals surface area (Å²) in [6, 6.07) is 5.55. The summed E-state index contributed by atoms with van der Waals surface area (Å²) in [5.74, 6) is 1.32. The molecule has 94 valence electrons. The lowest BCUT2D eigenvalue weighted by molar-refractivity contribution is 1.12. The summed E-state index contributed by atoms with van der Waals surface area (Å²) in [5, 5.41) is 6.81. The molecule has 18 heavy (non-hydrogen) atoms. The van der Waals surface area contributed by atoms with Crippen LogP contribution in [0.4, 0.5) is 17.5 Å². The predicted octanol–water partition coefficient (Wildman–Crippen LogP) is 3.99. The van der Waals surface area contributed by atoms with Crippen molar-refractivity contribution < 1.29 is 0 Å². The minimum atomic E-state index is 0.571. The summed E-state index contributed by atoms with van der Waals surface area (Å²) in [6.45, 7) is 1.94. The fourth-order valence-electron chi connectivity index (χ4n) is 1.41. The number of aryl methyl sites for hydroxylation is 1. The molecule has 0 radical (unpaired) electrons. The third kappa shape index (κ3) is 2.91. The molecule has 2 rings (SSSR count). The fourth-order valence-corrected chi connectivity index (χ4v) is 1.93. The highest BCUT2D eigenvalue weighted by atomic mass is 79.9. The molecule has 0 spiro atoms. The molecule has 0 saturated carbocycles. The van der Waals surface area contributed by atoms with Gasteiger partial charge in [-0.15, -0.1) is 0 Å². The molecule has 0 amide bonds. The Hall–Kier alpha value is -1.33. The maximum atomic E-state index is 5.98. The fraction of sp³-hybridized carbons (Fsp3) is 0.167. The third-order valence-electron chi connectivity index (χ3n) is 2.38.